The number of halogens is 1. The Balaban J connectivity index is 2.30. The Bertz CT molecular complexity index is 841. The first-order chi connectivity index (χ1) is 13.6. The Morgan fingerprint density at radius 2 is 1.72 bits per heavy atom. The van der Waals surface area contributed by atoms with Gasteiger partial charge in [0.05, 0.1) is 6.42 Å². The fourth-order valence-electron chi connectivity index (χ4n) is 3.26. The van der Waals surface area contributed by atoms with E-state index in [4.69, 9.17) is 0 Å². The number of aryl methyl sites for hydroxylation is 1. The number of carbonyl (C=O) groups excluding carboxylic acids is 2. The lowest BCUT2D eigenvalue weighted by Gasteiger charge is -2.33. The van der Waals surface area contributed by atoms with Gasteiger partial charge in [0.2, 0.25) is 11.8 Å². The highest BCUT2D eigenvalue weighted by molar-refractivity contribution is 5.88. The van der Waals surface area contributed by atoms with Crippen molar-refractivity contribution in [3.05, 3.63) is 71.0 Å². The van der Waals surface area contributed by atoms with Crippen LogP contribution in [-0.4, -0.2) is 28.3 Å². The highest BCUT2D eigenvalue weighted by Gasteiger charge is 2.30. The van der Waals surface area contributed by atoms with E-state index in [1.54, 1.807) is 17.0 Å². The third kappa shape index (κ3) is 7.00. The Labute approximate surface area is 173 Å². The predicted octanol–water partition coefficient (Wildman–Crippen LogP) is 4.40. The molecule has 0 saturated carbocycles. The lowest BCUT2D eigenvalue weighted by Crippen LogP contribution is -2.53. The molecule has 0 heterocycles. The van der Waals surface area contributed by atoms with Crippen molar-refractivity contribution in [1.29, 1.82) is 0 Å². The Hall–Kier alpha value is -2.69. The molecule has 1 N–H and O–H groups in total. The van der Waals surface area contributed by atoms with Crippen LogP contribution in [0.2, 0.25) is 0 Å². The van der Waals surface area contributed by atoms with Crippen molar-refractivity contribution in [2.45, 2.75) is 65.6 Å². The zero-order valence-electron chi connectivity index (χ0n) is 18.0. The van der Waals surface area contributed by atoms with Gasteiger partial charge in [0.1, 0.15) is 11.9 Å². The minimum Gasteiger partial charge on any atom is -0.350 e. The van der Waals surface area contributed by atoms with Crippen molar-refractivity contribution in [3.63, 3.8) is 0 Å². The van der Waals surface area contributed by atoms with E-state index >= 15 is 0 Å². The quantitative estimate of drug-likeness (QED) is 0.752. The number of hydrogen-bond acceptors (Lipinski definition) is 2. The van der Waals surface area contributed by atoms with Crippen molar-refractivity contribution in [2.75, 3.05) is 0 Å². The maximum atomic E-state index is 13.3. The van der Waals surface area contributed by atoms with Crippen molar-refractivity contribution in [1.82, 2.24) is 10.2 Å². The summed E-state index contributed by atoms with van der Waals surface area (Å²) in [6.45, 7) is 9.87. The summed E-state index contributed by atoms with van der Waals surface area (Å²) in [4.78, 5) is 27.8. The largest absolute Gasteiger partial charge is 0.350 e. The average Bonchev–Trinajstić information content (AvgIpc) is 2.61. The fraction of sp³-hybridized carbons (Fsp3) is 0.417. The highest BCUT2D eigenvalue weighted by Crippen LogP contribution is 2.16. The summed E-state index contributed by atoms with van der Waals surface area (Å²) in [6, 6.07) is 13.2. The van der Waals surface area contributed by atoms with Crippen molar-refractivity contribution in [2.24, 2.45) is 0 Å². The van der Waals surface area contributed by atoms with Gasteiger partial charge in [0.15, 0.2) is 0 Å². The summed E-state index contributed by atoms with van der Waals surface area (Å²) in [5.74, 6) is -0.639. The molecular weight excluding hydrogens is 367 g/mol. The molecule has 0 bridgehead atoms. The molecule has 5 heteroatoms. The van der Waals surface area contributed by atoms with Crippen LogP contribution in [0, 0.1) is 12.7 Å². The van der Waals surface area contributed by atoms with Gasteiger partial charge in [-0.25, -0.2) is 4.39 Å². The predicted molar refractivity (Wildman–Crippen MR) is 114 cm³/mol. The standard InChI is InChI=1S/C24H31FN2O2/c1-6-21(23(29)26-24(3,4)5)27(16-18-10-12-20(25)13-11-18)22(28)15-19-9-7-8-17(2)14-19/h7-14,21H,6,15-16H2,1-5H3,(H,26,29)/t21-/m1/s1. The molecule has 0 aliphatic heterocycles. The second-order valence-electron chi connectivity index (χ2n) is 8.48. The molecule has 0 saturated heterocycles. The normalized spacial score (nSPS) is 12.3. The number of nitrogens with one attached hydrogen (secondary N) is 1. The lowest BCUT2D eigenvalue weighted by molar-refractivity contribution is -0.141. The van der Waals surface area contributed by atoms with Crippen LogP contribution in [-0.2, 0) is 22.6 Å². The van der Waals surface area contributed by atoms with Gasteiger partial charge in [-0.2, -0.15) is 0 Å². The van der Waals surface area contributed by atoms with E-state index in [-0.39, 0.29) is 30.6 Å². The molecule has 0 aliphatic rings. The number of benzene rings is 2. The molecule has 0 aliphatic carbocycles. The number of rotatable bonds is 7. The molecule has 0 aromatic heterocycles. The maximum absolute atomic E-state index is 13.3. The second kappa shape index (κ2) is 9.68. The first kappa shape index (κ1) is 22.6. The highest BCUT2D eigenvalue weighted by atomic mass is 19.1. The van der Waals surface area contributed by atoms with Crippen LogP contribution in [0.1, 0.15) is 50.8 Å². The van der Waals surface area contributed by atoms with Crippen LogP contribution >= 0.6 is 0 Å². The first-order valence-electron chi connectivity index (χ1n) is 10.0. The van der Waals surface area contributed by atoms with E-state index in [0.29, 0.717) is 6.42 Å². The molecule has 2 rings (SSSR count). The number of nitrogens with zero attached hydrogens (tertiary/aromatic N) is 1. The van der Waals surface area contributed by atoms with Gasteiger partial charge in [0.25, 0.3) is 0 Å². The molecule has 0 fully saturated rings. The molecule has 156 valence electrons. The van der Waals surface area contributed by atoms with E-state index in [1.165, 1.54) is 12.1 Å². The van der Waals surface area contributed by atoms with Gasteiger partial charge in [-0.1, -0.05) is 48.9 Å². The molecule has 0 radical (unpaired) electrons. The van der Waals surface area contributed by atoms with Crippen LogP contribution in [0.4, 0.5) is 4.39 Å². The molecule has 0 unspecified atom stereocenters. The topological polar surface area (TPSA) is 49.4 Å². The SMILES string of the molecule is CC[C@H](C(=O)NC(C)(C)C)N(Cc1ccc(F)cc1)C(=O)Cc1cccc(C)c1. The van der Waals surface area contributed by atoms with E-state index in [9.17, 15) is 14.0 Å². The summed E-state index contributed by atoms with van der Waals surface area (Å²) >= 11 is 0. The molecule has 1 atom stereocenters. The summed E-state index contributed by atoms with van der Waals surface area (Å²) in [5, 5.41) is 2.98. The molecule has 4 nitrogen and oxygen atoms in total. The summed E-state index contributed by atoms with van der Waals surface area (Å²) in [7, 11) is 0. The minimum atomic E-state index is -0.600. The summed E-state index contributed by atoms with van der Waals surface area (Å²) < 4.78 is 13.3. The Morgan fingerprint density at radius 3 is 2.28 bits per heavy atom. The van der Waals surface area contributed by atoms with E-state index in [1.807, 2.05) is 58.9 Å². The third-order valence-electron chi connectivity index (χ3n) is 4.59. The number of hydrogen-bond donors (Lipinski definition) is 1. The van der Waals surface area contributed by atoms with E-state index in [0.717, 1.165) is 16.7 Å². The Kier molecular flexibility index (Phi) is 7.54. The number of amides is 2. The van der Waals surface area contributed by atoms with Crippen LogP contribution in [0.5, 0.6) is 0 Å². The first-order valence-corrected chi connectivity index (χ1v) is 10.0. The molecule has 29 heavy (non-hydrogen) atoms. The van der Waals surface area contributed by atoms with Gasteiger partial charge in [-0.3, -0.25) is 9.59 Å². The van der Waals surface area contributed by atoms with E-state index in [2.05, 4.69) is 5.32 Å². The van der Waals surface area contributed by atoms with Crippen LogP contribution in [0.25, 0.3) is 0 Å². The van der Waals surface area contributed by atoms with Gasteiger partial charge in [0, 0.05) is 12.1 Å². The lowest BCUT2D eigenvalue weighted by atomic mass is 10.0. The van der Waals surface area contributed by atoms with Gasteiger partial charge in [-0.15, -0.1) is 0 Å². The average molecular weight is 399 g/mol. The smallest absolute Gasteiger partial charge is 0.243 e. The molecular formula is C24H31FN2O2. The molecule has 2 aromatic rings. The molecule has 2 amide bonds. The van der Waals surface area contributed by atoms with Crippen LogP contribution in [0.3, 0.4) is 0 Å². The minimum absolute atomic E-state index is 0.129. The Morgan fingerprint density at radius 1 is 1.07 bits per heavy atom. The van der Waals surface area contributed by atoms with Crippen LogP contribution < -0.4 is 5.32 Å². The second-order valence-corrected chi connectivity index (χ2v) is 8.48. The van der Waals surface area contributed by atoms with E-state index < -0.39 is 11.6 Å². The van der Waals surface area contributed by atoms with Gasteiger partial charge >= 0.3 is 0 Å². The van der Waals surface area contributed by atoms with Crippen LogP contribution in [0.15, 0.2) is 48.5 Å². The van der Waals surface area contributed by atoms with Gasteiger partial charge < -0.3 is 10.2 Å². The van der Waals surface area contributed by atoms with Crippen molar-refractivity contribution in [3.8, 4) is 0 Å². The van der Waals surface area contributed by atoms with Crippen molar-refractivity contribution < 1.29 is 14.0 Å². The zero-order chi connectivity index (χ0) is 21.6. The zero-order valence-corrected chi connectivity index (χ0v) is 18.0. The molecule has 2 aromatic carbocycles. The van der Waals surface area contributed by atoms with Gasteiger partial charge in [-0.05, 0) is 57.4 Å². The summed E-state index contributed by atoms with van der Waals surface area (Å²) in [5.41, 5.74) is 2.38. The third-order valence-corrected chi connectivity index (χ3v) is 4.59. The maximum Gasteiger partial charge on any atom is 0.243 e. The molecule has 0 spiro atoms. The monoisotopic (exact) mass is 398 g/mol. The van der Waals surface area contributed by atoms with Crippen molar-refractivity contribution >= 4 is 11.8 Å². The number of carbonyl (C=O) groups is 2. The summed E-state index contributed by atoms with van der Waals surface area (Å²) in [6.07, 6.45) is 0.699. The fourth-order valence-corrected chi connectivity index (χ4v) is 3.26.